The fourth-order valence-electron chi connectivity index (χ4n) is 2.44. The SMILES string of the molecule is CCC1CN(C(=O)CNC(=O)CN)CCN1CC(C)O. The number of nitrogens with one attached hydrogen (secondary N) is 1. The van der Waals surface area contributed by atoms with E-state index in [1.807, 2.05) is 0 Å². The molecule has 0 bridgehead atoms. The Morgan fingerprint density at radius 1 is 1.45 bits per heavy atom. The molecule has 0 aromatic carbocycles. The topological polar surface area (TPSA) is 98.9 Å². The van der Waals surface area contributed by atoms with Crippen LogP contribution < -0.4 is 11.1 Å². The highest BCUT2D eigenvalue weighted by molar-refractivity contribution is 5.85. The Bertz CT molecular complexity index is 336. The lowest BCUT2D eigenvalue weighted by Crippen LogP contribution is -2.57. The molecular weight excluding hydrogens is 260 g/mol. The highest BCUT2D eigenvalue weighted by Gasteiger charge is 2.28. The molecule has 2 amide bonds. The summed E-state index contributed by atoms with van der Waals surface area (Å²) in [5, 5.41) is 12.0. The molecule has 0 radical (unpaired) electrons. The Balaban J connectivity index is 2.46. The Morgan fingerprint density at radius 2 is 2.15 bits per heavy atom. The second kappa shape index (κ2) is 8.18. The zero-order valence-electron chi connectivity index (χ0n) is 12.3. The van der Waals surface area contributed by atoms with Crippen molar-refractivity contribution in [2.45, 2.75) is 32.4 Å². The first-order valence-electron chi connectivity index (χ1n) is 7.14. The van der Waals surface area contributed by atoms with Crippen LogP contribution in [0.15, 0.2) is 0 Å². The van der Waals surface area contributed by atoms with Gasteiger partial charge in [0.25, 0.3) is 0 Å². The minimum atomic E-state index is -0.366. The van der Waals surface area contributed by atoms with Crippen LogP contribution in [0.2, 0.25) is 0 Å². The maximum absolute atomic E-state index is 12.0. The summed E-state index contributed by atoms with van der Waals surface area (Å²) in [7, 11) is 0. The first kappa shape index (κ1) is 16.9. The molecule has 1 fully saturated rings. The van der Waals surface area contributed by atoms with Gasteiger partial charge < -0.3 is 21.1 Å². The van der Waals surface area contributed by atoms with Crippen LogP contribution in [-0.2, 0) is 9.59 Å². The molecule has 2 unspecified atom stereocenters. The van der Waals surface area contributed by atoms with Crippen molar-refractivity contribution < 1.29 is 14.7 Å². The lowest BCUT2D eigenvalue weighted by Gasteiger charge is -2.41. The van der Waals surface area contributed by atoms with Gasteiger partial charge in [0.1, 0.15) is 0 Å². The van der Waals surface area contributed by atoms with E-state index in [2.05, 4.69) is 17.1 Å². The van der Waals surface area contributed by atoms with Gasteiger partial charge in [-0.1, -0.05) is 6.92 Å². The van der Waals surface area contributed by atoms with Gasteiger partial charge in [-0.3, -0.25) is 14.5 Å². The monoisotopic (exact) mass is 286 g/mol. The largest absolute Gasteiger partial charge is 0.392 e. The predicted molar refractivity (Wildman–Crippen MR) is 76.0 cm³/mol. The molecule has 1 heterocycles. The number of piperazine rings is 1. The second-order valence-corrected chi connectivity index (χ2v) is 5.23. The summed E-state index contributed by atoms with van der Waals surface area (Å²) >= 11 is 0. The van der Waals surface area contributed by atoms with Crippen molar-refractivity contribution in [2.75, 3.05) is 39.3 Å². The molecule has 0 spiro atoms. The minimum absolute atomic E-state index is 0.00285. The van der Waals surface area contributed by atoms with E-state index in [4.69, 9.17) is 5.73 Å². The molecule has 1 aliphatic rings. The average molecular weight is 286 g/mol. The molecule has 2 atom stereocenters. The molecule has 7 nitrogen and oxygen atoms in total. The molecule has 0 aliphatic carbocycles. The van der Waals surface area contributed by atoms with Crippen LogP contribution in [0.3, 0.4) is 0 Å². The van der Waals surface area contributed by atoms with Gasteiger partial charge in [-0.15, -0.1) is 0 Å². The number of aliphatic hydroxyl groups excluding tert-OH is 1. The number of aliphatic hydroxyl groups is 1. The smallest absolute Gasteiger partial charge is 0.242 e. The third kappa shape index (κ3) is 5.07. The van der Waals surface area contributed by atoms with E-state index in [0.717, 1.165) is 13.0 Å². The van der Waals surface area contributed by atoms with Gasteiger partial charge in [0.05, 0.1) is 19.2 Å². The van der Waals surface area contributed by atoms with E-state index in [9.17, 15) is 14.7 Å². The molecule has 20 heavy (non-hydrogen) atoms. The minimum Gasteiger partial charge on any atom is -0.392 e. The van der Waals surface area contributed by atoms with Crippen molar-refractivity contribution in [1.82, 2.24) is 15.1 Å². The van der Waals surface area contributed by atoms with Crippen molar-refractivity contribution in [3.63, 3.8) is 0 Å². The number of carbonyl (C=O) groups is 2. The average Bonchev–Trinajstić information content (AvgIpc) is 2.44. The fraction of sp³-hybridized carbons (Fsp3) is 0.846. The number of nitrogens with zero attached hydrogens (tertiary/aromatic N) is 2. The van der Waals surface area contributed by atoms with E-state index in [0.29, 0.717) is 19.6 Å². The third-order valence-electron chi connectivity index (χ3n) is 3.55. The van der Waals surface area contributed by atoms with E-state index >= 15 is 0 Å². The van der Waals surface area contributed by atoms with Gasteiger partial charge in [0.15, 0.2) is 0 Å². The highest BCUT2D eigenvalue weighted by atomic mass is 16.3. The molecule has 0 aromatic heterocycles. The lowest BCUT2D eigenvalue weighted by atomic mass is 10.1. The zero-order valence-corrected chi connectivity index (χ0v) is 12.3. The Morgan fingerprint density at radius 3 is 2.70 bits per heavy atom. The van der Waals surface area contributed by atoms with Gasteiger partial charge in [0.2, 0.25) is 11.8 Å². The van der Waals surface area contributed by atoms with Crippen molar-refractivity contribution in [2.24, 2.45) is 5.73 Å². The van der Waals surface area contributed by atoms with Gasteiger partial charge in [-0.2, -0.15) is 0 Å². The lowest BCUT2D eigenvalue weighted by molar-refractivity contribution is -0.135. The molecule has 4 N–H and O–H groups in total. The number of β-amino-alcohol motifs (C(OH)–C–C–N with tert-alkyl or cyclic N) is 1. The predicted octanol–water partition coefficient (Wildman–Crippen LogP) is -1.64. The number of carbonyl (C=O) groups excluding carboxylic acids is 2. The molecule has 1 saturated heterocycles. The normalized spacial score (nSPS) is 21.6. The van der Waals surface area contributed by atoms with E-state index in [-0.39, 0.29) is 37.0 Å². The summed E-state index contributed by atoms with van der Waals surface area (Å²) in [5.74, 6) is -0.403. The molecule has 0 saturated carbocycles. The maximum atomic E-state index is 12.0. The maximum Gasteiger partial charge on any atom is 0.242 e. The second-order valence-electron chi connectivity index (χ2n) is 5.23. The number of nitrogens with two attached hydrogens (primary N) is 1. The van der Waals surface area contributed by atoms with Crippen molar-refractivity contribution in [3.8, 4) is 0 Å². The van der Waals surface area contributed by atoms with Crippen molar-refractivity contribution >= 4 is 11.8 Å². The summed E-state index contributed by atoms with van der Waals surface area (Å²) in [6, 6.07) is 0.257. The van der Waals surface area contributed by atoms with E-state index < -0.39 is 0 Å². The zero-order chi connectivity index (χ0) is 15.1. The first-order valence-corrected chi connectivity index (χ1v) is 7.14. The first-order chi connectivity index (χ1) is 9.47. The van der Waals surface area contributed by atoms with Crippen LogP contribution in [0.4, 0.5) is 0 Å². The Hall–Kier alpha value is -1.18. The standard InChI is InChI=1S/C13H26N4O3/c1-3-11-9-17(5-4-16(11)8-10(2)18)13(20)7-15-12(19)6-14/h10-11,18H,3-9,14H2,1-2H3,(H,15,19). The molecule has 1 rings (SSSR count). The summed E-state index contributed by atoms with van der Waals surface area (Å²) < 4.78 is 0. The van der Waals surface area contributed by atoms with Gasteiger partial charge >= 0.3 is 0 Å². The molecule has 0 aromatic rings. The Labute approximate surface area is 120 Å². The number of hydrogen-bond acceptors (Lipinski definition) is 5. The molecular formula is C13H26N4O3. The number of hydrogen-bond donors (Lipinski definition) is 3. The summed E-state index contributed by atoms with van der Waals surface area (Å²) in [5.41, 5.74) is 5.18. The van der Waals surface area contributed by atoms with Gasteiger partial charge in [-0.25, -0.2) is 0 Å². The van der Waals surface area contributed by atoms with Crippen LogP contribution in [-0.4, -0.2) is 78.1 Å². The number of amides is 2. The third-order valence-corrected chi connectivity index (χ3v) is 3.55. The molecule has 116 valence electrons. The Kier molecular flexibility index (Phi) is 6.90. The quantitative estimate of drug-likeness (QED) is 0.544. The van der Waals surface area contributed by atoms with Crippen molar-refractivity contribution in [1.29, 1.82) is 0 Å². The number of rotatable bonds is 6. The van der Waals surface area contributed by atoms with Crippen LogP contribution in [0.5, 0.6) is 0 Å². The van der Waals surface area contributed by atoms with Gasteiger partial charge in [0, 0.05) is 32.2 Å². The fourth-order valence-corrected chi connectivity index (χ4v) is 2.44. The highest BCUT2D eigenvalue weighted by Crippen LogP contribution is 2.13. The van der Waals surface area contributed by atoms with Crippen LogP contribution in [0.1, 0.15) is 20.3 Å². The molecule has 7 heteroatoms. The summed E-state index contributed by atoms with van der Waals surface area (Å²) in [4.78, 5) is 27.0. The summed E-state index contributed by atoms with van der Waals surface area (Å²) in [6.07, 6.45) is 0.557. The van der Waals surface area contributed by atoms with Crippen LogP contribution >= 0.6 is 0 Å². The van der Waals surface area contributed by atoms with Gasteiger partial charge in [-0.05, 0) is 13.3 Å². The van der Waals surface area contributed by atoms with Crippen LogP contribution in [0, 0.1) is 0 Å². The van der Waals surface area contributed by atoms with E-state index in [1.165, 1.54) is 0 Å². The van der Waals surface area contributed by atoms with Crippen LogP contribution in [0.25, 0.3) is 0 Å². The van der Waals surface area contributed by atoms with Crippen molar-refractivity contribution in [3.05, 3.63) is 0 Å². The summed E-state index contributed by atoms with van der Waals surface area (Å²) in [6.45, 7) is 6.39. The van der Waals surface area contributed by atoms with E-state index in [1.54, 1.807) is 11.8 Å². The molecule has 1 aliphatic heterocycles.